The molecule has 0 saturated heterocycles. The maximum absolute atomic E-state index is 11.2. The summed E-state index contributed by atoms with van der Waals surface area (Å²) in [5.41, 5.74) is 4.34. The number of halogens is 1. The van der Waals surface area contributed by atoms with E-state index in [1.54, 1.807) is 0 Å². The van der Waals surface area contributed by atoms with Crippen LogP contribution in [0.3, 0.4) is 0 Å². The molecule has 0 aliphatic rings. The average Bonchev–Trinajstić information content (AvgIpc) is 2.14. The van der Waals surface area contributed by atoms with Crippen molar-refractivity contribution >= 4 is 23.4 Å². The zero-order chi connectivity index (χ0) is 10.6. The highest BCUT2D eigenvalue weighted by Crippen LogP contribution is 2.03. The van der Waals surface area contributed by atoms with E-state index in [4.69, 9.17) is 11.6 Å². The first kappa shape index (κ1) is 10.4. The summed E-state index contributed by atoms with van der Waals surface area (Å²) >= 11 is 5.53. The summed E-state index contributed by atoms with van der Waals surface area (Å²) in [6, 6.07) is 1.29. The second-order valence-electron chi connectivity index (χ2n) is 2.36. The van der Waals surface area contributed by atoms with Gasteiger partial charge in [-0.2, -0.15) is 0 Å². The molecule has 2 N–H and O–H groups in total. The van der Waals surface area contributed by atoms with Gasteiger partial charge in [-0.05, 0) is 0 Å². The lowest BCUT2D eigenvalue weighted by atomic mass is 10.4. The van der Waals surface area contributed by atoms with Crippen molar-refractivity contribution in [1.29, 1.82) is 0 Å². The minimum Gasteiger partial charge on any atom is -0.274 e. The number of amides is 2. The monoisotopic (exact) mass is 214 g/mol. The second kappa shape index (κ2) is 4.52. The molecular weight excluding hydrogens is 208 g/mol. The molecule has 14 heavy (non-hydrogen) atoms. The molecule has 0 fully saturated rings. The molecule has 74 valence electrons. The van der Waals surface area contributed by atoms with Gasteiger partial charge in [-0.15, -0.1) is 0 Å². The van der Waals surface area contributed by atoms with Crippen LogP contribution in [0.25, 0.3) is 0 Å². The fraction of sp³-hybridized carbons (Fsp3) is 0.143. The number of hydrogen-bond donors (Lipinski definition) is 2. The molecule has 0 aromatic carbocycles. The van der Waals surface area contributed by atoms with Crippen LogP contribution >= 0.6 is 11.6 Å². The van der Waals surface area contributed by atoms with Gasteiger partial charge >= 0.3 is 0 Å². The van der Waals surface area contributed by atoms with Crippen LogP contribution in [0, 0.1) is 0 Å². The lowest BCUT2D eigenvalue weighted by molar-refractivity contribution is -0.119. The van der Waals surface area contributed by atoms with E-state index in [1.165, 1.54) is 13.0 Å². The third-order valence-corrected chi connectivity index (χ3v) is 1.43. The van der Waals surface area contributed by atoms with Gasteiger partial charge in [0.2, 0.25) is 5.91 Å². The Kier molecular flexibility index (Phi) is 3.35. The molecule has 0 atom stereocenters. The Morgan fingerprint density at radius 1 is 1.36 bits per heavy atom. The lowest BCUT2D eigenvalue weighted by Crippen LogP contribution is -2.40. The highest BCUT2D eigenvalue weighted by Gasteiger charge is 2.07. The maximum atomic E-state index is 11.2. The highest BCUT2D eigenvalue weighted by molar-refractivity contribution is 6.29. The van der Waals surface area contributed by atoms with Gasteiger partial charge in [0.1, 0.15) is 17.2 Å². The summed E-state index contributed by atoms with van der Waals surface area (Å²) in [6.45, 7) is 1.27. The van der Waals surface area contributed by atoms with Gasteiger partial charge in [0.05, 0.1) is 0 Å². The molecule has 1 aromatic rings. The largest absolute Gasteiger partial charge is 0.288 e. The average molecular weight is 215 g/mol. The van der Waals surface area contributed by atoms with Crippen LogP contribution in [0.1, 0.15) is 17.4 Å². The number of aromatic nitrogens is 2. The Labute approximate surface area is 84.7 Å². The van der Waals surface area contributed by atoms with Gasteiger partial charge < -0.3 is 0 Å². The quantitative estimate of drug-likeness (QED) is 0.506. The van der Waals surface area contributed by atoms with Crippen molar-refractivity contribution in [3.05, 3.63) is 23.2 Å². The Balaban J connectivity index is 2.65. The minimum absolute atomic E-state index is 0.0822. The van der Waals surface area contributed by atoms with E-state index < -0.39 is 5.91 Å². The Bertz CT molecular complexity index is 368. The molecule has 0 radical (unpaired) electrons. The molecule has 0 aliphatic carbocycles. The summed E-state index contributed by atoms with van der Waals surface area (Å²) in [5, 5.41) is 0.160. The highest BCUT2D eigenvalue weighted by atomic mass is 35.5. The van der Waals surface area contributed by atoms with Crippen molar-refractivity contribution in [3.8, 4) is 0 Å². The molecule has 0 saturated carbocycles. The van der Waals surface area contributed by atoms with E-state index in [2.05, 4.69) is 20.8 Å². The van der Waals surface area contributed by atoms with Gasteiger partial charge in [0.15, 0.2) is 0 Å². The standard InChI is InChI=1S/C7H7ClN4O2/c1-4(13)11-12-7(14)5-2-6(8)10-3-9-5/h2-3H,1H3,(H,11,13)(H,12,14). The number of carbonyl (C=O) groups excluding carboxylic acids is 2. The first-order valence-electron chi connectivity index (χ1n) is 3.64. The van der Waals surface area contributed by atoms with Crippen LogP contribution in [-0.2, 0) is 4.79 Å². The van der Waals surface area contributed by atoms with Crippen LogP contribution in [0.5, 0.6) is 0 Å². The van der Waals surface area contributed by atoms with Crippen LogP contribution < -0.4 is 10.9 Å². The molecule has 0 bridgehead atoms. The van der Waals surface area contributed by atoms with E-state index in [0.29, 0.717) is 0 Å². The summed E-state index contributed by atoms with van der Waals surface area (Å²) in [7, 11) is 0. The normalized spacial score (nSPS) is 9.29. The number of nitrogens with zero attached hydrogens (tertiary/aromatic N) is 2. The summed E-state index contributed by atoms with van der Waals surface area (Å²) < 4.78 is 0. The first-order valence-corrected chi connectivity index (χ1v) is 4.02. The molecular formula is C7H7ClN4O2. The molecule has 0 spiro atoms. The van der Waals surface area contributed by atoms with E-state index in [1.807, 2.05) is 0 Å². The number of carbonyl (C=O) groups is 2. The summed E-state index contributed by atoms with van der Waals surface area (Å²) in [5.74, 6) is -0.928. The minimum atomic E-state index is -0.551. The molecule has 0 aliphatic heterocycles. The van der Waals surface area contributed by atoms with Gasteiger partial charge in [-0.25, -0.2) is 9.97 Å². The van der Waals surface area contributed by atoms with Gasteiger partial charge in [0.25, 0.3) is 5.91 Å². The van der Waals surface area contributed by atoms with Crippen molar-refractivity contribution in [2.24, 2.45) is 0 Å². The van der Waals surface area contributed by atoms with E-state index in [-0.39, 0.29) is 16.8 Å². The van der Waals surface area contributed by atoms with Crippen molar-refractivity contribution in [3.63, 3.8) is 0 Å². The third-order valence-electron chi connectivity index (χ3n) is 1.22. The Morgan fingerprint density at radius 3 is 2.64 bits per heavy atom. The second-order valence-corrected chi connectivity index (χ2v) is 2.75. The predicted molar refractivity (Wildman–Crippen MR) is 48.3 cm³/mol. The molecule has 7 heteroatoms. The maximum Gasteiger partial charge on any atom is 0.288 e. The number of rotatable bonds is 1. The van der Waals surface area contributed by atoms with Crippen LogP contribution in [0.4, 0.5) is 0 Å². The summed E-state index contributed by atoms with van der Waals surface area (Å²) in [4.78, 5) is 29.0. The molecule has 2 amide bonds. The van der Waals surface area contributed by atoms with E-state index in [0.717, 1.165) is 6.33 Å². The zero-order valence-electron chi connectivity index (χ0n) is 7.24. The zero-order valence-corrected chi connectivity index (χ0v) is 8.00. The summed E-state index contributed by atoms with van der Waals surface area (Å²) in [6.07, 6.45) is 1.16. The number of nitrogens with one attached hydrogen (secondary N) is 2. The topological polar surface area (TPSA) is 84.0 Å². The van der Waals surface area contributed by atoms with Crippen LogP contribution in [0.15, 0.2) is 12.4 Å². The Hall–Kier alpha value is -1.69. The predicted octanol–water partition coefficient (Wildman–Crippen LogP) is -0.0891. The fourth-order valence-electron chi connectivity index (χ4n) is 0.667. The van der Waals surface area contributed by atoms with Crippen molar-refractivity contribution in [2.45, 2.75) is 6.92 Å². The molecule has 1 aromatic heterocycles. The lowest BCUT2D eigenvalue weighted by Gasteiger charge is -2.03. The molecule has 1 rings (SSSR count). The van der Waals surface area contributed by atoms with Crippen molar-refractivity contribution in [2.75, 3.05) is 0 Å². The SMILES string of the molecule is CC(=O)NNC(=O)c1cc(Cl)ncn1. The number of hydrogen-bond acceptors (Lipinski definition) is 4. The van der Waals surface area contributed by atoms with Crippen molar-refractivity contribution in [1.82, 2.24) is 20.8 Å². The smallest absolute Gasteiger partial charge is 0.274 e. The van der Waals surface area contributed by atoms with Gasteiger partial charge in [-0.1, -0.05) is 11.6 Å². The van der Waals surface area contributed by atoms with Crippen molar-refractivity contribution < 1.29 is 9.59 Å². The Morgan fingerprint density at radius 2 is 2.07 bits per heavy atom. The molecule has 6 nitrogen and oxygen atoms in total. The van der Waals surface area contributed by atoms with Gasteiger partial charge in [-0.3, -0.25) is 20.4 Å². The van der Waals surface area contributed by atoms with E-state index >= 15 is 0 Å². The first-order chi connectivity index (χ1) is 6.59. The third kappa shape index (κ3) is 2.98. The van der Waals surface area contributed by atoms with Gasteiger partial charge in [0, 0.05) is 13.0 Å². The van der Waals surface area contributed by atoms with Crippen LogP contribution in [-0.4, -0.2) is 21.8 Å². The fourth-order valence-corrected chi connectivity index (χ4v) is 0.814. The van der Waals surface area contributed by atoms with Crippen LogP contribution in [0.2, 0.25) is 5.15 Å². The van der Waals surface area contributed by atoms with E-state index in [9.17, 15) is 9.59 Å². The molecule has 0 unspecified atom stereocenters. The number of hydrazine groups is 1. The molecule has 1 heterocycles.